The molecule has 1 aromatic rings. The molecule has 3 N–H and O–H groups in total. The Labute approximate surface area is 162 Å². The summed E-state index contributed by atoms with van der Waals surface area (Å²) >= 11 is 0. The second-order valence-electron chi connectivity index (χ2n) is 5.49. The van der Waals surface area contributed by atoms with Crippen LogP contribution in [0.15, 0.2) is 29.2 Å². The SMILES string of the molecule is Cl.NCC(=O)NCC(=O)N1CCN(S(=O)(=O)c2ccccc2[N+](=O)[O-])CC1. The number of carbonyl (C=O) groups excluding carboxylic acids is 2. The summed E-state index contributed by atoms with van der Waals surface area (Å²) in [4.78, 5) is 34.4. The first-order valence-electron chi connectivity index (χ1n) is 7.75. The van der Waals surface area contributed by atoms with Crippen LogP contribution in [0.4, 0.5) is 5.69 Å². The summed E-state index contributed by atoms with van der Waals surface area (Å²) in [7, 11) is -4.05. The number of rotatable bonds is 6. The number of halogens is 1. The maximum atomic E-state index is 12.7. The minimum Gasteiger partial charge on any atom is -0.346 e. The van der Waals surface area contributed by atoms with Gasteiger partial charge in [0, 0.05) is 32.2 Å². The van der Waals surface area contributed by atoms with Crippen LogP contribution in [0.25, 0.3) is 0 Å². The molecule has 0 atom stereocenters. The monoisotopic (exact) mass is 421 g/mol. The van der Waals surface area contributed by atoms with Crippen molar-refractivity contribution in [1.82, 2.24) is 14.5 Å². The Morgan fingerprint density at radius 1 is 1.19 bits per heavy atom. The molecular formula is C14H20ClN5O6S. The normalized spacial score (nSPS) is 14.9. The molecule has 0 radical (unpaired) electrons. The van der Waals surface area contributed by atoms with Gasteiger partial charge in [-0.25, -0.2) is 8.42 Å². The predicted molar refractivity (Wildman–Crippen MR) is 97.7 cm³/mol. The molecule has 2 amide bonds. The Morgan fingerprint density at radius 2 is 1.78 bits per heavy atom. The van der Waals surface area contributed by atoms with Crippen LogP contribution in [0.2, 0.25) is 0 Å². The van der Waals surface area contributed by atoms with Crippen LogP contribution in [0, 0.1) is 10.1 Å². The molecule has 2 rings (SSSR count). The Kier molecular flexibility index (Phi) is 8.09. The fraction of sp³-hybridized carbons (Fsp3) is 0.429. The van der Waals surface area contributed by atoms with Crippen molar-refractivity contribution >= 4 is 39.9 Å². The van der Waals surface area contributed by atoms with E-state index in [9.17, 15) is 28.1 Å². The van der Waals surface area contributed by atoms with E-state index in [0.29, 0.717) is 0 Å². The lowest BCUT2D eigenvalue weighted by molar-refractivity contribution is -0.387. The second-order valence-corrected chi connectivity index (χ2v) is 7.40. The van der Waals surface area contributed by atoms with E-state index in [0.717, 1.165) is 10.4 Å². The highest BCUT2D eigenvalue weighted by atomic mass is 35.5. The van der Waals surface area contributed by atoms with Gasteiger partial charge in [-0.05, 0) is 6.07 Å². The zero-order chi connectivity index (χ0) is 19.3. The van der Waals surface area contributed by atoms with Crippen LogP contribution in [0.3, 0.4) is 0 Å². The number of nitrogens with two attached hydrogens (primary N) is 1. The van der Waals surface area contributed by atoms with Crippen molar-refractivity contribution in [2.75, 3.05) is 39.3 Å². The molecule has 1 aliphatic rings. The number of carbonyl (C=O) groups is 2. The van der Waals surface area contributed by atoms with Crippen molar-refractivity contribution in [2.24, 2.45) is 5.73 Å². The number of sulfonamides is 1. The fourth-order valence-electron chi connectivity index (χ4n) is 2.50. The molecule has 1 saturated heterocycles. The number of nitrogens with zero attached hydrogens (tertiary/aromatic N) is 3. The number of nitrogens with one attached hydrogen (secondary N) is 1. The van der Waals surface area contributed by atoms with Crippen LogP contribution in [-0.4, -0.2) is 73.6 Å². The van der Waals surface area contributed by atoms with Crippen LogP contribution in [0.1, 0.15) is 0 Å². The highest BCUT2D eigenvalue weighted by Crippen LogP contribution is 2.26. The van der Waals surface area contributed by atoms with E-state index < -0.39 is 26.5 Å². The van der Waals surface area contributed by atoms with Crippen LogP contribution < -0.4 is 11.1 Å². The molecule has 0 bridgehead atoms. The van der Waals surface area contributed by atoms with E-state index in [2.05, 4.69) is 5.32 Å². The van der Waals surface area contributed by atoms with Gasteiger partial charge in [0.1, 0.15) is 0 Å². The van der Waals surface area contributed by atoms with E-state index in [4.69, 9.17) is 5.73 Å². The Balaban J connectivity index is 0.00000364. The molecule has 0 saturated carbocycles. The Bertz CT molecular complexity index is 810. The molecule has 0 unspecified atom stereocenters. The first kappa shape index (κ1) is 22.8. The van der Waals surface area contributed by atoms with Gasteiger partial charge >= 0.3 is 0 Å². The van der Waals surface area contributed by atoms with Crippen molar-refractivity contribution in [3.63, 3.8) is 0 Å². The van der Waals surface area contributed by atoms with Crippen molar-refractivity contribution < 1.29 is 22.9 Å². The van der Waals surface area contributed by atoms with Crippen molar-refractivity contribution in [3.05, 3.63) is 34.4 Å². The standard InChI is InChI=1S/C14H19N5O6S.ClH/c15-9-13(20)16-10-14(21)17-5-7-18(8-6-17)26(24,25)12-4-2-1-3-11(12)19(22)23;/h1-4H,5-10,15H2,(H,16,20);1H. The topological polar surface area (TPSA) is 156 Å². The summed E-state index contributed by atoms with van der Waals surface area (Å²) in [6.07, 6.45) is 0. The molecule has 0 spiro atoms. The van der Waals surface area contributed by atoms with Gasteiger partial charge in [0.05, 0.1) is 18.0 Å². The third-order valence-electron chi connectivity index (χ3n) is 3.89. The molecule has 1 fully saturated rings. The number of hydrogen-bond donors (Lipinski definition) is 2. The van der Waals surface area contributed by atoms with E-state index in [1.165, 1.54) is 23.1 Å². The maximum absolute atomic E-state index is 12.7. The number of amides is 2. The van der Waals surface area contributed by atoms with Gasteiger partial charge < -0.3 is 16.0 Å². The maximum Gasteiger partial charge on any atom is 0.289 e. The second kappa shape index (κ2) is 9.60. The molecule has 150 valence electrons. The summed E-state index contributed by atoms with van der Waals surface area (Å²) < 4.78 is 26.5. The summed E-state index contributed by atoms with van der Waals surface area (Å²) in [5.74, 6) is -0.814. The minimum absolute atomic E-state index is 0. The summed E-state index contributed by atoms with van der Waals surface area (Å²) in [5, 5.41) is 13.4. The molecule has 1 aliphatic heterocycles. The third kappa shape index (κ3) is 5.35. The van der Waals surface area contributed by atoms with Gasteiger partial charge in [-0.3, -0.25) is 19.7 Å². The smallest absolute Gasteiger partial charge is 0.289 e. The predicted octanol–water partition coefficient (Wildman–Crippen LogP) is -1.08. The lowest BCUT2D eigenvalue weighted by Crippen LogP contribution is -2.52. The largest absolute Gasteiger partial charge is 0.346 e. The van der Waals surface area contributed by atoms with Gasteiger partial charge in [-0.15, -0.1) is 12.4 Å². The van der Waals surface area contributed by atoms with E-state index in [1.54, 1.807) is 0 Å². The molecule has 0 aliphatic carbocycles. The average molecular weight is 422 g/mol. The number of piperazine rings is 1. The minimum atomic E-state index is -4.05. The van der Waals surface area contributed by atoms with E-state index in [-0.39, 0.29) is 62.5 Å². The van der Waals surface area contributed by atoms with Crippen LogP contribution >= 0.6 is 12.4 Å². The number of nitro groups is 1. The van der Waals surface area contributed by atoms with Crippen LogP contribution in [0.5, 0.6) is 0 Å². The lowest BCUT2D eigenvalue weighted by atomic mass is 10.3. The lowest BCUT2D eigenvalue weighted by Gasteiger charge is -2.33. The summed E-state index contributed by atoms with van der Waals surface area (Å²) in [5.41, 5.74) is 4.64. The number of para-hydroxylation sites is 1. The summed E-state index contributed by atoms with van der Waals surface area (Å²) in [6, 6.07) is 5.13. The first-order chi connectivity index (χ1) is 12.3. The van der Waals surface area contributed by atoms with Gasteiger partial charge in [-0.1, -0.05) is 12.1 Å². The summed E-state index contributed by atoms with van der Waals surface area (Å²) in [6.45, 7) is -0.188. The quantitative estimate of drug-likeness (QED) is 0.437. The average Bonchev–Trinajstić information content (AvgIpc) is 2.65. The highest BCUT2D eigenvalue weighted by Gasteiger charge is 2.34. The molecule has 1 aromatic carbocycles. The Morgan fingerprint density at radius 3 is 2.33 bits per heavy atom. The van der Waals surface area contributed by atoms with Crippen LogP contribution in [-0.2, 0) is 19.6 Å². The van der Waals surface area contributed by atoms with Crippen molar-refractivity contribution in [1.29, 1.82) is 0 Å². The zero-order valence-corrected chi connectivity index (χ0v) is 15.9. The first-order valence-corrected chi connectivity index (χ1v) is 9.19. The molecule has 27 heavy (non-hydrogen) atoms. The molecular weight excluding hydrogens is 402 g/mol. The highest BCUT2D eigenvalue weighted by molar-refractivity contribution is 7.89. The fourth-order valence-corrected chi connectivity index (χ4v) is 4.08. The van der Waals surface area contributed by atoms with Gasteiger partial charge in [-0.2, -0.15) is 4.31 Å². The van der Waals surface area contributed by atoms with Gasteiger partial charge in [0.25, 0.3) is 5.69 Å². The Hall–Kier alpha value is -2.28. The molecule has 11 nitrogen and oxygen atoms in total. The number of benzene rings is 1. The van der Waals surface area contributed by atoms with Crippen molar-refractivity contribution in [3.8, 4) is 0 Å². The van der Waals surface area contributed by atoms with E-state index in [1.807, 2.05) is 0 Å². The molecule has 0 aromatic heterocycles. The number of nitro benzene ring substituents is 1. The zero-order valence-electron chi connectivity index (χ0n) is 14.2. The molecule has 13 heteroatoms. The molecule has 1 heterocycles. The third-order valence-corrected chi connectivity index (χ3v) is 5.84. The van der Waals surface area contributed by atoms with Gasteiger partial charge in [0.2, 0.25) is 21.8 Å². The number of hydrogen-bond acceptors (Lipinski definition) is 7. The van der Waals surface area contributed by atoms with E-state index >= 15 is 0 Å². The van der Waals surface area contributed by atoms with Crippen molar-refractivity contribution in [2.45, 2.75) is 4.90 Å². The van der Waals surface area contributed by atoms with Gasteiger partial charge in [0.15, 0.2) is 4.90 Å².